The molecule has 2 aromatic heterocycles. The van der Waals surface area contributed by atoms with Gasteiger partial charge in [0.25, 0.3) is 11.8 Å². The molecule has 2 amide bonds. The summed E-state index contributed by atoms with van der Waals surface area (Å²) in [5.41, 5.74) is 5.04. The number of pyridine rings is 1. The number of hydrogen-bond donors (Lipinski definition) is 2. The Kier molecular flexibility index (Phi) is 5.38. The zero-order valence-electron chi connectivity index (χ0n) is 16.2. The van der Waals surface area contributed by atoms with Gasteiger partial charge in [-0.1, -0.05) is 12.1 Å². The summed E-state index contributed by atoms with van der Waals surface area (Å²) in [6, 6.07) is 9.12. The highest BCUT2D eigenvalue weighted by Crippen LogP contribution is 2.30. The molecule has 0 bridgehead atoms. The van der Waals surface area contributed by atoms with Gasteiger partial charge in [0.15, 0.2) is 5.76 Å². The van der Waals surface area contributed by atoms with Crippen LogP contribution >= 0.6 is 0 Å². The van der Waals surface area contributed by atoms with Crippen LogP contribution < -0.4 is 10.7 Å². The largest absolute Gasteiger partial charge is 0.455 e. The molecule has 2 heterocycles. The van der Waals surface area contributed by atoms with Crippen LogP contribution in [0.15, 0.2) is 58.3 Å². The van der Waals surface area contributed by atoms with Crippen LogP contribution in [0.3, 0.4) is 0 Å². The van der Waals surface area contributed by atoms with Crippen LogP contribution in [0.1, 0.15) is 50.6 Å². The van der Waals surface area contributed by atoms with E-state index in [1.54, 1.807) is 31.2 Å². The zero-order chi connectivity index (χ0) is 21.1. The van der Waals surface area contributed by atoms with Crippen molar-refractivity contribution in [1.29, 1.82) is 0 Å². The number of anilines is 1. The van der Waals surface area contributed by atoms with Gasteiger partial charge in [-0.2, -0.15) is 5.10 Å². The number of carbonyl (C=O) groups is 2. The molecule has 1 aliphatic rings. The topological polar surface area (TPSA) is 96.6 Å². The minimum atomic E-state index is -0.535. The number of nitrogens with one attached hydrogen (secondary N) is 2. The van der Waals surface area contributed by atoms with Crippen molar-refractivity contribution in [2.75, 3.05) is 5.32 Å². The smallest absolute Gasteiger partial charge is 0.291 e. The summed E-state index contributed by atoms with van der Waals surface area (Å²) < 4.78 is 19.7. The first-order valence-electron chi connectivity index (χ1n) is 9.50. The SMILES string of the molecule is Cc1c(C(=O)Nc2ccccc2F)oc2c1/C(=N/NC(=O)c1ccncc1)CCC2. The van der Waals surface area contributed by atoms with Gasteiger partial charge in [0, 0.05) is 35.5 Å². The third-order valence-electron chi connectivity index (χ3n) is 4.89. The van der Waals surface area contributed by atoms with Crippen molar-refractivity contribution in [1.82, 2.24) is 10.4 Å². The van der Waals surface area contributed by atoms with Gasteiger partial charge in [0.1, 0.15) is 11.6 Å². The van der Waals surface area contributed by atoms with Crippen LogP contribution in [-0.2, 0) is 6.42 Å². The van der Waals surface area contributed by atoms with Crippen LogP contribution in [0.25, 0.3) is 0 Å². The predicted octanol–water partition coefficient (Wildman–Crippen LogP) is 3.84. The Balaban J connectivity index is 1.58. The molecule has 30 heavy (non-hydrogen) atoms. The molecule has 0 spiro atoms. The molecule has 0 unspecified atom stereocenters. The third-order valence-corrected chi connectivity index (χ3v) is 4.89. The number of rotatable bonds is 4. The summed E-state index contributed by atoms with van der Waals surface area (Å²) >= 11 is 0. The second kappa shape index (κ2) is 8.28. The molecule has 0 radical (unpaired) electrons. The van der Waals surface area contributed by atoms with Crippen molar-refractivity contribution in [3.05, 3.63) is 82.8 Å². The fourth-order valence-electron chi connectivity index (χ4n) is 3.42. The van der Waals surface area contributed by atoms with Crippen LogP contribution in [0.5, 0.6) is 0 Å². The van der Waals surface area contributed by atoms with Gasteiger partial charge in [-0.25, -0.2) is 9.82 Å². The number of benzene rings is 1. The van der Waals surface area contributed by atoms with Gasteiger partial charge in [0.05, 0.1) is 11.4 Å². The second-order valence-corrected chi connectivity index (χ2v) is 6.88. The molecule has 152 valence electrons. The Morgan fingerprint density at radius 2 is 1.87 bits per heavy atom. The van der Waals surface area contributed by atoms with E-state index in [1.165, 1.54) is 24.5 Å². The molecular weight excluding hydrogens is 387 g/mol. The molecule has 0 atom stereocenters. The summed E-state index contributed by atoms with van der Waals surface area (Å²) in [4.78, 5) is 28.8. The standard InChI is InChI=1S/C22H19FN4O3/c1-13-19-17(26-27-21(28)14-9-11-24-12-10-14)7-4-8-18(19)30-20(13)22(29)25-16-6-3-2-5-15(16)23/h2-3,5-6,9-12H,4,7-8H2,1H3,(H,25,29)(H,27,28)/b26-17+. The first kappa shape index (κ1) is 19.5. The second-order valence-electron chi connectivity index (χ2n) is 6.88. The Bertz CT molecular complexity index is 1140. The van der Waals surface area contributed by atoms with E-state index in [0.29, 0.717) is 35.4 Å². The number of aromatic nitrogens is 1. The third kappa shape index (κ3) is 3.84. The van der Waals surface area contributed by atoms with Crippen LogP contribution in [0.2, 0.25) is 0 Å². The molecule has 1 aliphatic carbocycles. The number of carbonyl (C=O) groups excluding carboxylic acids is 2. The number of fused-ring (bicyclic) bond motifs is 1. The number of amides is 2. The monoisotopic (exact) mass is 406 g/mol. The maximum atomic E-state index is 13.9. The molecule has 1 aromatic carbocycles. The predicted molar refractivity (Wildman–Crippen MR) is 109 cm³/mol. The van der Waals surface area contributed by atoms with E-state index in [-0.39, 0.29) is 17.4 Å². The Labute approximate surface area is 172 Å². The Hall–Kier alpha value is -3.81. The summed E-state index contributed by atoms with van der Waals surface area (Å²) in [6.45, 7) is 1.75. The number of furan rings is 1. The number of hydrogen-bond acceptors (Lipinski definition) is 5. The molecule has 0 saturated heterocycles. The minimum absolute atomic E-state index is 0.0785. The molecule has 4 rings (SSSR count). The highest BCUT2D eigenvalue weighted by Gasteiger charge is 2.28. The van der Waals surface area contributed by atoms with E-state index in [1.807, 2.05) is 0 Å². The van der Waals surface area contributed by atoms with Crippen LogP contribution in [0, 0.1) is 12.7 Å². The minimum Gasteiger partial charge on any atom is -0.455 e. The Morgan fingerprint density at radius 3 is 2.63 bits per heavy atom. The highest BCUT2D eigenvalue weighted by molar-refractivity contribution is 6.09. The van der Waals surface area contributed by atoms with Crippen molar-refractivity contribution in [3.8, 4) is 0 Å². The maximum Gasteiger partial charge on any atom is 0.291 e. The van der Waals surface area contributed by atoms with E-state index in [4.69, 9.17) is 4.42 Å². The average molecular weight is 406 g/mol. The Morgan fingerprint density at radius 1 is 1.10 bits per heavy atom. The fraction of sp³-hybridized carbons (Fsp3) is 0.182. The van der Waals surface area contributed by atoms with E-state index < -0.39 is 11.7 Å². The molecule has 0 saturated carbocycles. The lowest BCUT2D eigenvalue weighted by Crippen LogP contribution is -2.22. The van der Waals surface area contributed by atoms with E-state index in [9.17, 15) is 14.0 Å². The summed E-state index contributed by atoms with van der Waals surface area (Å²) in [7, 11) is 0. The van der Waals surface area contributed by atoms with Gasteiger partial charge < -0.3 is 9.73 Å². The van der Waals surface area contributed by atoms with E-state index >= 15 is 0 Å². The van der Waals surface area contributed by atoms with Crippen LogP contribution in [0.4, 0.5) is 10.1 Å². The first-order valence-corrected chi connectivity index (χ1v) is 9.50. The molecule has 3 aromatic rings. The lowest BCUT2D eigenvalue weighted by atomic mass is 9.93. The first-order chi connectivity index (χ1) is 14.5. The van der Waals surface area contributed by atoms with Gasteiger partial charge in [-0.05, 0) is 44.0 Å². The normalized spacial score (nSPS) is 14.3. The number of aryl methyl sites for hydroxylation is 1. The van der Waals surface area contributed by atoms with Crippen molar-refractivity contribution >= 4 is 23.2 Å². The zero-order valence-corrected chi connectivity index (χ0v) is 16.2. The van der Waals surface area contributed by atoms with E-state index in [2.05, 4.69) is 20.8 Å². The van der Waals surface area contributed by atoms with Crippen molar-refractivity contribution in [3.63, 3.8) is 0 Å². The number of hydrazone groups is 1. The molecule has 8 heteroatoms. The summed E-state index contributed by atoms with van der Waals surface area (Å²) in [5, 5.41) is 6.82. The molecule has 7 nitrogen and oxygen atoms in total. The molecule has 0 fully saturated rings. The molecular formula is C22H19FN4O3. The fourth-order valence-corrected chi connectivity index (χ4v) is 3.42. The highest BCUT2D eigenvalue weighted by atomic mass is 19.1. The molecule has 2 N–H and O–H groups in total. The lowest BCUT2D eigenvalue weighted by molar-refractivity contribution is 0.0953. The summed E-state index contributed by atoms with van der Waals surface area (Å²) in [6.07, 6.45) is 5.13. The van der Waals surface area contributed by atoms with Gasteiger partial charge in [-0.3, -0.25) is 14.6 Å². The van der Waals surface area contributed by atoms with Crippen molar-refractivity contribution in [2.45, 2.75) is 26.2 Å². The summed E-state index contributed by atoms with van der Waals surface area (Å²) in [5.74, 6) is -0.670. The van der Waals surface area contributed by atoms with Gasteiger partial charge in [0.2, 0.25) is 0 Å². The quantitative estimate of drug-likeness (QED) is 0.644. The average Bonchev–Trinajstić information content (AvgIpc) is 3.11. The van der Waals surface area contributed by atoms with Gasteiger partial charge >= 0.3 is 0 Å². The number of para-hydroxylation sites is 1. The maximum absolute atomic E-state index is 13.9. The van der Waals surface area contributed by atoms with Gasteiger partial charge in [-0.15, -0.1) is 0 Å². The lowest BCUT2D eigenvalue weighted by Gasteiger charge is -2.13. The van der Waals surface area contributed by atoms with Crippen molar-refractivity contribution < 1.29 is 18.4 Å². The molecule has 0 aliphatic heterocycles. The number of halogens is 1. The number of nitrogens with zero attached hydrogens (tertiary/aromatic N) is 2. The van der Waals surface area contributed by atoms with Crippen molar-refractivity contribution in [2.24, 2.45) is 5.10 Å². The van der Waals surface area contributed by atoms with Crippen LogP contribution in [-0.4, -0.2) is 22.5 Å². The van der Waals surface area contributed by atoms with E-state index in [0.717, 1.165) is 12.0 Å².